The number of hydrogen-bond donors (Lipinski definition) is 0. The van der Waals surface area contributed by atoms with Crippen LogP contribution in [-0.2, 0) is 10.0 Å². The SMILES string of the molecule is Cc1ncsc1-c1nnc([C@H]2CCCCN2S(=O)(=O)c2ccc(F)c(F)c2)o1. The van der Waals surface area contributed by atoms with E-state index in [2.05, 4.69) is 15.2 Å². The minimum absolute atomic E-state index is 0.175. The second kappa shape index (κ2) is 7.30. The fourth-order valence-electron chi connectivity index (χ4n) is 3.18. The van der Waals surface area contributed by atoms with Gasteiger partial charge in [-0.1, -0.05) is 6.42 Å². The Bertz CT molecular complexity index is 1110. The molecular weight excluding hydrogens is 410 g/mol. The number of sulfonamides is 1. The van der Waals surface area contributed by atoms with Crippen LogP contribution in [0.15, 0.2) is 33.0 Å². The fourth-order valence-corrected chi connectivity index (χ4v) is 5.57. The zero-order valence-electron chi connectivity index (χ0n) is 14.8. The molecular formula is C17H16F2N4O3S2. The van der Waals surface area contributed by atoms with Crippen LogP contribution in [0.3, 0.4) is 0 Å². The van der Waals surface area contributed by atoms with Gasteiger partial charge in [0.2, 0.25) is 15.9 Å². The first-order valence-electron chi connectivity index (χ1n) is 8.58. The third-order valence-electron chi connectivity index (χ3n) is 4.62. The highest BCUT2D eigenvalue weighted by Gasteiger charge is 2.38. The Balaban J connectivity index is 1.69. The van der Waals surface area contributed by atoms with Crippen molar-refractivity contribution in [2.45, 2.75) is 37.1 Å². The van der Waals surface area contributed by atoms with Gasteiger partial charge in [0.15, 0.2) is 11.6 Å². The molecule has 1 fully saturated rings. The van der Waals surface area contributed by atoms with Crippen molar-refractivity contribution in [2.24, 2.45) is 0 Å². The highest BCUT2D eigenvalue weighted by Crippen LogP contribution is 2.36. The summed E-state index contributed by atoms with van der Waals surface area (Å²) in [5, 5.41) is 8.08. The average Bonchev–Trinajstić information content (AvgIpc) is 3.32. The molecule has 0 amide bonds. The summed E-state index contributed by atoms with van der Waals surface area (Å²) in [4.78, 5) is 4.56. The van der Waals surface area contributed by atoms with Crippen LogP contribution in [0, 0.1) is 18.6 Å². The number of aromatic nitrogens is 3. The summed E-state index contributed by atoms with van der Waals surface area (Å²) in [6.07, 6.45) is 1.92. The molecule has 0 bridgehead atoms. The van der Waals surface area contributed by atoms with Gasteiger partial charge in [-0.15, -0.1) is 21.5 Å². The van der Waals surface area contributed by atoms with Gasteiger partial charge in [0.05, 0.1) is 16.1 Å². The molecule has 4 rings (SSSR count). The van der Waals surface area contributed by atoms with Crippen molar-refractivity contribution in [1.82, 2.24) is 19.5 Å². The van der Waals surface area contributed by atoms with E-state index in [1.54, 1.807) is 5.51 Å². The summed E-state index contributed by atoms with van der Waals surface area (Å²) in [7, 11) is -4.06. The first-order chi connectivity index (χ1) is 13.4. The molecule has 1 aromatic carbocycles. The van der Waals surface area contributed by atoms with Gasteiger partial charge in [0.1, 0.15) is 10.9 Å². The van der Waals surface area contributed by atoms with Crippen molar-refractivity contribution in [3.8, 4) is 10.8 Å². The smallest absolute Gasteiger partial charge is 0.259 e. The molecule has 1 atom stereocenters. The normalized spacial score (nSPS) is 18.5. The highest BCUT2D eigenvalue weighted by molar-refractivity contribution is 7.89. The van der Waals surface area contributed by atoms with E-state index in [1.165, 1.54) is 15.6 Å². The number of hydrogen-bond acceptors (Lipinski definition) is 7. The zero-order chi connectivity index (χ0) is 19.9. The van der Waals surface area contributed by atoms with E-state index < -0.39 is 27.7 Å². The van der Waals surface area contributed by atoms with Gasteiger partial charge < -0.3 is 4.42 Å². The molecule has 1 saturated heterocycles. The van der Waals surface area contributed by atoms with Gasteiger partial charge >= 0.3 is 0 Å². The fraction of sp³-hybridized carbons (Fsp3) is 0.353. The molecule has 2 aromatic heterocycles. The highest BCUT2D eigenvalue weighted by atomic mass is 32.2. The lowest BCUT2D eigenvalue weighted by Gasteiger charge is -2.32. The van der Waals surface area contributed by atoms with Crippen molar-refractivity contribution in [3.63, 3.8) is 0 Å². The average molecular weight is 426 g/mol. The summed E-state index contributed by atoms with van der Waals surface area (Å²) in [5.74, 6) is -1.86. The molecule has 7 nitrogen and oxygen atoms in total. The molecule has 1 aliphatic heterocycles. The van der Waals surface area contributed by atoms with Gasteiger partial charge in [-0.25, -0.2) is 22.2 Å². The van der Waals surface area contributed by atoms with Crippen LogP contribution in [0.25, 0.3) is 10.8 Å². The van der Waals surface area contributed by atoms with Crippen LogP contribution in [0.2, 0.25) is 0 Å². The number of piperidine rings is 1. The van der Waals surface area contributed by atoms with E-state index in [0.29, 0.717) is 18.9 Å². The number of thiazole rings is 1. The van der Waals surface area contributed by atoms with Gasteiger partial charge in [0, 0.05) is 6.54 Å². The lowest BCUT2D eigenvalue weighted by Crippen LogP contribution is -2.38. The molecule has 0 radical (unpaired) electrons. The summed E-state index contributed by atoms with van der Waals surface area (Å²) in [6, 6.07) is 1.88. The molecule has 0 N–H and O–H groups in total. The third kappa shape index (κ3) is 3.33. The zero-order valence-corrected chi connectivity index (χ0v) is 16.4. The molecule has 148 valence electrons. The third-order valence-corrected chi connectivity index (χ3v) is 7.44. The maximum Gasteiger partial charge on any atom is 0.259 e. The van der Waals surface area contributed by atoms with Gasteiger partial charge in [-0.05, 0) is 38.0 Å². The predicted molar refractivity (Wildman–Crippen MR) is 97.0 cm³/mol. The Hall–Kier alpha value is -2.24. The molecule has 28 heavy (non-hydrogen) atoms. The molecule has 3 aromatic rings. The maximum absolute atomic E-state index is 13.6. The van der Waals surface area contributed by atoms with Crippen LogP contribution in [0.5, 0.6) is 0 Å². The molecule has 0 unspecified atom stereocenters. The number of rotatable bonds is 4. The van der Waals surface area contributed by atoms with Crippen LogP contribution in [0.1, 0.15) is 36.9 Å². The quantitative estimate of drug-likeness (QED) is 0.632. The largest absolute Gasteiger partial charge is 0.418 e. The molecule has 3 heterocycles. The van der Waals surface area contributed by atoms with Crippen molar-refractivity contribution in [2.75, 3.05) is 6.54 Å². The van der Waals surface area contributed by atoms with Crippen LogP contribution in [-0.4, -0.2) is 34.4 Å². The van der Waals surface area contributed by atoms with E-state index in [1.807, 2.05) is 6.92 Å². The van der Waals surface area contributed by atoms with Gasteiger partial charge in [0.25, 0.3) is 5.89 Å². The Morgan fingerprint density at radius 3 is 2.75 bits per heavy atom. The lowest BCUT2D eigenvalue weighted by atomic mass is 10.1. The minimum atomic E-state index is -4.06. The summed E-state index contributed by atoms with van der Waals surface area (Å²) < 4.78 is 59.9. The van der Waals surface area contributed by atoms with Crippen molar-refractivity contribution in [1.29, 1.82) is 0 Å². The molecule has 0 saturated carbocycles. The molecule has 0 spiro atoms. The number of nitrogens with zero attached hydrogens (tertiary/aromatic N) is 4. The Morgan fingerprint density at radius 2 is 2.04 bits per heavy atom. The van der Waals surface area contributed by atoms with E-state index in [-0.39, 0.29) is 23.2 Å². The second-order valence-corrected chi connectivity index (χ2v) is 9.16. The van der Waals surface area contributed by atoms with Gasteiger partial charge in [-0.3, -0.25) is 0 Å². The molecule has 1 aliphatic rings. The van der Waals surface area contributed by atoms with E-state index >= 15 is 0 Å². The Kier molecular flexibility index (Phi) is 4.98. The van der Waals surface area contributed by atoms with Gasteiger partial charge in [-0.2, -0.15) is 4.31 Å². The summed E-state index contributed by atoms with van der Waals surface area (Å²) >= 11 is 1.35. The van der Waals surface area contributed by atoms with Crippen LogP contribution >= 0.6 is 11.3 Å². The lowest BCUT2D eigenvalue weighted by molar-refractivity contribution is 0.220. The van der Waals surface area contributed by atoms with Crippen LogP contribution in [0.4, 0.5) is 8.78 Å². The molecule has 0 aliphatic carbocycles. The first kappa shape index (κ1) is 19.1. The monoisotopic (exact) mass is 426 g/mol. The number of aryl methyl sites for hydroxylation is 1. The number of benzene rings is 1. The topological polar surface area (TPSA) is 89.2 Å². The minimum Gasteiger partial charge on any atom is -0.418 e. The molecule has 11 heteroatoms. The Labute approximate surface area is 164 Å². The van der Waals surface area contributed by atoms with Crippen molar-refractivity contribution in [3.05, 3.63) is 46.9 Å². The predicted octanol–water partition coefficient (Wildman–Crippen LogP) is 3.70. The van der Waals surface area contributed by atoms with Crippen molar-refractivity contribution < 1.29 is 21.6 Å². The van der Waals surface area contributed by atoms with Crippen LogP contribution < -0.4 is 0 Å². The first-order valence-corrected chi connectivity index (χ1v) is 10.9. The maximum atomic E-state index is 13.6. The number of halogens is 2. The Morgan fingerprint density at radius 1 is 1.21 bits per heavy atom. The van der Waals surface area contributed by atoms with E-state index in [9.17, 15) is 17.2 Å². The van der Waals surface area contributed by atoms with Crippen molar-refractivity contribution >= 4 is 21.4 Å². The van der Waals surface area contributed by atoms with E-state index in [4.69, 9.17) is 4.42 Å². The second-order valence-electron chi connectivity index (χ2n) is 6.42. The summed E-state index contributed by atoms with van der Waals surface area (Å²) in [6.45, 7) is 2.04. The standard InChI is InChI=1S/C17H16F2N4O3S2/c1-10-15(27-9-20-10)17-22-21-16(26-17)14-4-2-3-7-23(14)28(24,25)11-5-6-12(18)13(19)8-11/h5-6,8-9,14H,2-4,7H2,1H3/t14-/m1/s1. The summed E-state index contributed by atoms with van der Waals surface area (Å²) in [5.41, 5.74) is 2.41. The van der Waals surface area contributed by atoms with E-state index in [0.717, 1.165) is 29.1 Å².